The zero-order valence-electron chi connectivity index (χ0n) is 16.9. The highest BCUT2D eigenvalue weighted by Crippen LogP contribution is 2.38. The molecule has 0 aliphatic heterocycles. The van der Waals surface area contributed by atoms with Gasteiger partial charge in [0.1, 0.15) is 21.8 Å². The molecule has 31 heavy (non-hydrogen) atoms. The molecule has 3 rings (SSSR count). The number of ether oxygens (including phenoxy) is 3. The van der Waals surface area contributed by atoms with Crippen molar-refractivity contribution in [2.45, 2.75) is 6.92 Å². The topological polar surface area (TPSA) is 107 Å². The van der Waals surface area contributed by atoms with E-state index in [1.807, 2.05) is 6.92 Å². The summed E-state index contributed by atoms with van der Waals surface area (Å²) < 4.78 is 16.6. The Kier molecular flexibility index (Phi) is 7.48. The Morgan fingerprint density at radius 1 is 1.06 bits per heavy atom. The molecule has 0 atom stereocenters. The predicted octanol–water partition coefficient (Wildman–Crippen LogP) is 4.70. The van der Waals surface area contributed by atoms with Crippen molar-refractivity contribution < 1.29 is 19.0 Å². The summed E-state index contributed by atoms with van der Waals surface area (Å²) in [4.78, 5) is 25.6. The molecule has 2 heterocycles. The van der Waals surface area contributed by atoms with Crippen LogP contribution in [0, 0.1) is 0 Å². The fourth-order valence-electron chi connectivity index (χ4n) is 2.66. The van der Waals surface area contributed by atoms with Crippen LogP contribution >= 0.6 is 27.5 Å². The number of benzene rings is 1. The van der Waals surface area contributed by atoms with Crippen LogP contribution in [-0.4, -0.2) is 41.7 Å². The maximum atomic E-state index is 12.9. The molecular formula is C20H19BrClN5O4. The van der Waals surface area contributed by atoms with Gasteiger partial charge in [-0.2, -0.15) is 0 Å². The average molecular weight is 509 g/mol. The molecule has 0 saturated heterocycles. The van der Waals surface area contributed by atoms with Crippen molar-refractivity contribution in [1.29, 1.82) is 0 Å². The number of rotatable bonds is 8. The molecule has 0 aliphatic rings. The Morgan fingerprint density at radius 3 is 2.39 bits per heavy atom. The molecule has 0 saturated carbocycles. The quantitative estimate of drug-likeness (QED) is 0.451. The maximum Gasteiger partial charge on any atom is 0.279 e. The molecule has 2 N–H and O–H groups in total. The molecule has 3 aromatic rings. The second-order valence-electron chi connectivity index (χ2n) is 5.90. The van der Waals surface area contributed by atoms with Gasteiger partial charge in [-0.05, 0) is 47.1 Å². The number of nitrogens with one attached hydrogen (secondary N) is 2. The van der Waals surface area contributed by atoms with Crippen LogP contribution in [0.2, 0.25) is 5.15 Å². The Labute approximate surface area is 192 Å². The monoisotopic (exact) mass is 507 g/mol. The first-order valence-corrected chi connectivity index (χ1v) is 10.3. The third kappa shape index (κ3) is 5.15. The van der Waals surface area contributed by atoms with E-state index in [4.69, 9.17) is 25.8 Å². The smallest absolute Gasteiger partial charge is 0.279 e. The fraction of sp³-hybridized carbons (Fsp3) is 0.200. The summed E-state index contributed by atoms with van der Waals surface area (Å²) in [5.74, 6) is 1.12. The molecule has 0 radical (unpaired) electrons. The van der Waals surface area contributed by atoms with Gasteiger partial charge >= 0.3 is 0 Å². The van der Waals surface area contributed by atoms with Gasteiger partial charge in [-0.15, -0.1) is 0 Å². The Bertz CT molecular complexity index is 1080. The molecule has 162 valence electrons. The summed E-state index contributed by atoms with van der Waals surface area (Å²) in [6, 6.07) is 8.63. The molecule has 0 unspecified atom stereocenters. The number of carbonyl (C=O) groups excluding carboxylic acids is 1. The first kappa shape index (κ1) is 22.6. The number of pyridine rings is 1. The lowest BCUT2D eigenvalue weighted by molar-refractivity contribution is 0.101. The minimum atomic E-state index is -0.535. The van der Waals surface area contributed by atoms with Gasteiger partial charge in [0.05, 0.1) is 20.8 Å². The largest absolute Gasteiger partial charge is 0.494 e. The number of para-hydroxylation sites is 1. The van der Waals surface area contributed by atoms with Crippen LogP contribution in [0.4, 0.5) is 17.3 Å². The van der Waals surface area contributed by atoms with Gasteiger partial charge in [-0.25, -0.2) is 15.0 Å². The van der Waals surface area contributed by atoms with Gasteiger partial charge < -0.3 is 24.8 Å². The van der Waals surface area contributed by atoms with E-state index in [0.29, 0.717) is 29.5 Å². The van der Waals surface area contributed by atoms with Crippen LogP contribution in [0.3, 0.4) is 0 Å². The number of carbonyl (C=O) groups is 1. The molecule has 0 spiro atoms. The van der Waals surface area contributed by atoms with Crippen molar-refractivity contribution in [2.24, 2.45) is 0 Å². The summed E-state index contributed by atoms with van der Waals surface area (Å²) in [5, 5.41) is 5.85. The van der Waals surface area contributed by atoms with Gasteiger partial charge in [-0.1, -0.05) is 17.7 Å². The van der Waals surface area contributed by atoms with Crippen molar-refractivity contribution in [2.75, 3.05) is 31.5 Å². The highest BCUT2D eigenvalue weighted by molar-refractivity contribution is 9.10. The second-order valence-corrected chi connectivity index (χ2v) is 7.01. The van der Waals surface area contributed by atoms with Crippen LogP contribution in [0.5, 0.6) is 17.2 Å². The number of hydrogen-bond acceptors (Lipinski definition) is 8. The van der Waals surface area contributed by atoms with E-state index in [0.717, 1.165) is 0 Å². The van der Waals surface area contributed by atoms with E-state index >= 15 is 0 Å². The summed E-state index contributed by atoms with van der Waals surface area (Å²) >= 11 is 9.38. The van der Waals surface area contributed by atoms with Crippen molar-refractivity contribution in [1.82, 2.24) is 15.0 Å². The second kappa shape index (κ2) is 10.3. The van der Waals surface area contributed by atoms with Crippen LogP contribution in [0.15, 0.2) is 41.1 Å². The highest BCUT2D eigenvalue weighted by atomic mass is 79.9. The third-order valence-corrected chi connectivity index (χ3v) is 5.05. The lowest BCUT2D eigenvalue weighted by Crippen LogP contribution is -2.18. The summed E-state index contributed by atoms with van der Waals surface area (Å²) in [5.41, 5.74) is 0.602. The van der Waals surface area contributed by atoms with Crippen molar-refractivity contribution in [3.05, 3.63) is 52.0 Å². The van der Waals surface area contributed by atoms with E-state index in [2.05, 4.69) is 41.5 Å². The zero-order valence-corrected chi connectivity index (χ0v) is 19.2. The molecule has 0 bridgehead atoms. The Balaban J connectivity index is 2.00. The van der Waals surface area contributed by atoms with Crippen LogP contribution in [-0.2, 0) is 0 Å². The number of amides is 1. The van der Waals surface area contributed by atoms with Crippen LogP contribution in [0.1, 0.15) is 17.4 Å². The van der Waals surface area contributed by atoms with Gasteiger partial charge in [0.15, 0.2) is 28.2 Å². The predicted molar refractivity (Wildman–Crippen MR) is 121 cm³/mol. The van der Waals surface area contributed by atoms with Crippen LogP contribution in [0.25, 0.3) is 0 Å². The number of anilines is 3. The number of aromatic nitrogens is 3. The molecule has 1 amide bonds. The highest BCUT2D eigenvalue weighted by Gasteiger charge is 2.20. The standard InChI is InChI=1S/C20H19BrClN5O4/c1-4-31-13-9-6-10-23-15(13)20(28)27-19-18(25-16(21)17(22)26-19)24-14-11(29-2)7-5-8-12(14)30-3/h5-10H,4H2,1-3H3,(H,24,25)(H,26,27,28). The Morgan fingerprint density at radius 2 is 1.74 bits per heavy atom. The van der Waals surface area contributed by atoms with Crippen LogP contribution < -0.4 is 24.8 Å². The average Bonchev–Trinajstić information content (AvgIpc) is 2.77. The fourth-order valence-corrected chi connectivity index (χ4v) is 3.05. The molecule has 2 aromatic heterocycles. The molecule has 11 heteroatoms. The SMILES string of the molecule is CCOc1cccnc1C(=O)Nc1nc(Cl)c(Br)nc1Nc1c(OC)cccc1OC. The van der Waals surface area contributed by atoms with Gasteiger partial charge in [0.25, 0.3) is 5.91 Å². The third-order valence-electron chi connectivity index (χ3n) is 4.00. The normalized spacial score (nSPS) is 10.4. The van der Waals surface area contributed by atoms with Gasteiger partial charge in [0, 0.05) is 6.20 Å². The number of methoxy groups -OCH3 is 2. The van der Waals surface area contributed by atoms with Crippen molar-refractivity contribution in [3.63, 3.8) is 0 Å². The van der Waals surface area contributed by atoms with Crippen molar-refractivity contribution >= 4 is 50.8 Å². The maximum absolute atomic E-state index is 12.9. The van der Waals surface area contributed by atoms with E-state index in [9.17, 15) is 4.79 Å². The molecule has 0 aliphatic carbocycles. The number of hydrogen-bond donors (Lipinski definition) is 2. The van der Waals surface area contributed by atoms with E-state index in [1.165, 1.54) is 20.4 Å². The molecule has 9 nitrogen and oxygen atoms in total. The summed E-state index contributed by atoms with van der Waals surface area (Å²) in [6.07, 6.45) is 1.50. The van der Waals surface area contributed by atoms with E-state index < -0.39 is 5.91 Å². The summed E-state index contributed by atoms with van der Waals surface area (Å²) in [7, 11) is 3.06. The first-order chi connectivity index (χ1) is 15.0. The summed E-state index contributed by atoms with van der Waals surface area (Å²) in [6.45, 7) is 2.20. The van der Waals surface area contributed by atoms with Gasteiger partial charge in [-0.3, -0.25) is 4.79 Å². The lowest BCUT2D eigenvalue weighted by atomic mass is 10.2. The number of nitrogens with zero attached hydrogens (tertiary/aromatic N) is 3. The zero-order chi connectivity index (χ0) is 22.4. The number of halogens is 2. The molecule has 1 aromatic carbocycles. The Hall–Kier alpha value is -3.11. The lowest BCUT2D eigenvalue weighted by Gasteiger charge is -2.17. The van der Waals surface area contributed by atoms with E-state index in [1.54, 1.807) is 30.3 Å². The minimum absolute atomic E-state index is 0.0684. The first-order valence-electron chi connectivity index (χ1n) is 9.08. The molecular weight excluding hydrogens is 490 g/mol. The van der Waals surface area contributed by atoms with Gasteiger partial charge in [0.2, 0.25) is 0 Å². The molecule has 0 fully saturated rings. The minimum Gasteiger partial charge on any atom is -0.494 e. The van der Waals surface area contributed by atoms with E-state index in [-0.39, 0.29) is 27.1 Å². The van der Waals surface area contributed by atoms with Crippen molar-refractivity contribution in [3.8, 4) is 17.2 Å².